The Kier molecular flexibility index (Phi) is 8.33. The molecule has 0 saturated carbocycles. The Morgan fingerprint density at radius 2 is 1.97 bits per heavy atom. The van der Waals surface area contributed by atoms with Gasteiger partial charge in [-0.15, -0.1) is 0 Å². The summed E-state index contributed by atoms with van der Waals surface area (Å²) in [6, 6.07) is 7.53. The fraction of sp³-hybridized carbons (Fsp3) is 0.304. The fourth-order valence-electron chi connectivity index (χ4n) is 3.29. The predicted molar refractivity (Wildman–Crippen MR) is 128 cm³/mol. The number of H-pyrrole nitrogens is 1. The van der Waals surface area contributed by atoms with Crippen LogP contribution in [0.4, 0.5) is 5.82 Å². The van der Waals surface area contributed by atoms with Crippen molar-refractivity contribution < 1.29 is 24.3 Å². The van der Waals surface area contributed by atoms with E-state index in [0.717, 1.165) is 0 Å². The maximum absolute atomic E-state index is 12.9. The van der Waals surface area contributed by atoms with E-state index in [-0.39, 0.29) is 30.4 Å². The number of hydrogen-bond donors (Lipinski definition) is 4. The average Bonchev–Trinajstić information content (AvgIpc) is 3.44. The molecule has 2 amide bonds. The van der Waals surface area contributed by atoms with Gasteiger partial charge >= 0.3 is 5.97 Å². The fourth-order valence-corrected chi connectivity index (χ4v) is 3.29. The molecule has 0 bridgehead atoms. The number of aliphatic carboxylic acids is 1. The molecule has 0 fully saturated rings. The van der Waals surface area contributed by atoms with Gasteiger partial charge in [0.05, 0.1) is 24.4 Å². The van der Waals surface area contributed by atoms with Crippen molar-refractivity contribution in [3.05, 3.63) is 54.1 Å². The third kappa shape index (κ3) is 6.76. The van der Waals surface area contributed by atoms with E-state index in [1.165, 1.54) is 30.4 Å². The lowest BCUT2D eigenvalue weighted by molar-refractivity contribution is -0.142. The molecule has 2 heterocycles. The van der Waals surface area contributed by atoms with Gasteiger partial charge in [-0.1, -0.05) is 37.2 Å². The molecule has 1 atom stereocenters. The van der Waals surface area contributed by atoms with Crippen molar-refractivity contribution in [2.45, 2.75) is 32.9 Å². The van der Waals surface area contributed by atoms with Crippen molar-refractivity contribution >= 4 is 29.8 Å². The average molecular weight is 482 g/mol. The first kappa shape index (κ1) is 25.1. The molecule has 4 N–H and O–H groups in total. The lowest BCUT2D eigenvalue weighted by Crippen LogP contribution is -2.43. The Hall–Kier alpha value is -4.48. The van der Waals surface area contributed by atoms with Crippen LogP contribution in [0.3, 0.4) is 0 Å². The summed E-state index contributed by atoms with van der Waals surface area (Å²) in [6.07, 6.45) is 4.59. The normalized spacial score (nSPS) is 12.0. The molecule has 0 aliphatic carbocycles. The molecule has 12 nitrogen and oxygen atoms in total. The van der Waals surface area contributed by atoms with E-state index in [4.69, 9.17) is 0 Å². The number of aromatic nitrogens is 4. The second-order valence-corrected chi connectivity index (χ2v) is 8.08. The number of rotatable bonds is 11. The molecule has 0 spiro atoms. The molecule has 3 rings (SSSR count). The number of amides is 2. The zero-order valence-corrected chi connectivity index (χ0v) is 19.6. The van der Waals surface area contributed by atoms with Gasteiger partial charge in [0, 0.05) is 5.56 Å². The second-order valence-electron chi connectivity index (χ2n) is 8.08. The summed E-state index contributed by atoms with van der Waals surface area (Å²) in [6.45, 7) is 3.48. The van der Waals surface area contributed by atoms with Crippen molar-refractivity contribution in [2.75, 3.05) is 12.4 Å². The van der Waals surface area contributed by atoms with E-state index in [9.17, 15) is 19.5 Å². The highest BCUT2D eigenvalue weighted by Gasteiger charge is 2.24. The van der Waals surface area contributed by atoms with Gasteiger partial charge in [0.2, 0.25) is 5.91 Å². The van der Waals surface area contributed by atoms with Crippen LogP contribution in [0.5, 0.6) is 0 Å². The minimum Gasteiger partial charge on any atom is -0.480 e. The number of carbonyl (C=O) groups excluding carboxylic acids is 2. The van der Waals surface area contributed by atoms with E-state index in [0.29, 0.717) is 17.1 Å². The van der Waals surface area contributed by atoms with Crippen LogP contribution >= 0.6 is 0 Å². The monoisotopic (exact) mass is 481 g/mol. The Labute approximate surface area is 201 Å². The summed E-state index contributed by atoms with van der Waals surface area (Å²) in [7, 11) is 1.41. The van der Waals surface area contributed by atoms with Crippen molar-refractivity contribution in [3.8, 4) is 11.5 Å². The van der Waals surface area contributed by atoms with Crippen molar-refractivity contribution in [1.29, 1.82) is 0 Å². The highest BCUT2D eigenvalue weighted by Crippen LogP contribution is 2.25. The highest BCUT2D eigenvalue weighted by molar-refractivity contribution is 6.05. The maximum Gasteiger partial charge on any atom is 0.326 e. The Morgan fingerprint density at radius 1 is 1.23 bits per heavy atom. The van der Waals surface area contributed by atoms with Gasteiger partial charge in [-0.25, -0.2) is 14.8 Å². The summed E-state index contributed by atoms with van der Waals surface area (Å²) in [5.41, 5.74) is 1.23. The largest absolute Gasteiger partial charge is 0.480 e. The molecule has 0 radical (unpaired) electrons. The zero-order valence-electron chi connectivity index (χ0n) is 19.6. The smallest absolute Gasteiger partial charge is 0.326 e. The van der Waals surface area contributed by atoms with Gasteiger partial charge < -0.3 is 30.1 Å². The molecule has 3 aromatic rings. The first-order valence-corrected chi connectivity index (χ1v) is 10.8. The van der Waals surface area contributed by atoms with E-state index >= 15 is 0 Å². The number of aromatic amines is 1. The third-order valence-electron chi connectivity index (χ3n) is 4.88. The summed E-state index contributed by atoms with van der Waals surface area (Å²) in [5, 5.41) is 18.4. The number of imidazole rings is 2. The maximum atomic E-state index is 12.9. The van der Waals surface area contributed by atoms with E-state index in [1.807, 2.05) is 13.8 Å². The molecular formula is C23H27N7O5. The van der Waals surface area contributed by atoms with Crippen LogP contribution in [0, 0.1) is 5.92 Å². The van der Waals surface area contributed by atoms with Gasteiger partial charge in [-0.3, -0.25) is 9.59 Å². The van der Waals surface area contributed by atoms with Gasteiger partial charge in [-0.05, 0) is 24.5 Å². The number of carboxylic acids is 1. The lowest BCUT2D eigenvalue weighted by Gasteiger charge is -2.17. The summed E-state index contributed by atoms with van der Waals surface area (Å²) < 4.78 is 1.42. The molecule has 1 aromatic carbocycles. The summed E-state index contributed by atoms with van der Waals surface area (Å²) >= 11 is 0. The highest BCUT2D eigenvalue weighted by atomic mass is 16.6. The van der Waals surface area contributed by atoms with Gasteiger partial charge in [0.15, 0.2) is 5.82 Å². The van der Waals surface area contributed by atoms with E-state index < -0.39 is 23.8 Å². The molecule has 0 unspecified atom stereocenters. The molecule has 0 aliphatic rings. The molecule has 35 heavy (non-hydrogen) atoms. The molecule has 12 heteroatoms. The SMILES string of the molecule is CO/N=C\c1cnc(-c2ncn(CC(=O)N[C@@H](CC(C)C)C(=O)O)c2NC(=O)c2ccccc2)[nH]1. The van der Waals surface area contributed by atoms with Gasteiger partial charge in [0.1, 0.15) is 31.2 Å². The minimum atomic E-state index is -1.11. The van der Waals surface area contributed by atoms with Crippen LogP contribution < -0.4 is 10.6 Å². The Bertz CT molecular complexity index is 1200. The molecule has 2 aromatic heterocycles. The topological polar surface area (TPSA) is 164 Å². The zero-order chi connectivity index (χ0) is 25.4. The number of hydrogen-bond acceptors (Lipinski definition) is 7. The van der Waals surface area contributed by atoms with Crippen LogP contribution in [-0.2, 0) is 21.0 Å². The van der Waals surface area contributed by atoms with Crippen LogP contribution in [0.25, 0.3) is 11.5 Å². The first-order valence-electron chi connectivity index (χ1n) is 10.8. The number of benzene rings is 1. The second kappa shape index (κ2) is 11.6. The molecular weight excluding hydrogens is 454 g/mol. The number of nitrogens with one attached hydrogen (secondary N) is 3. The van der Waals surface area contributed by atoms with Crippen molar-refractivity contribution in [2.24, 2.45) is 11.1 Å². The van der Waals surface area contributed by atoms with Crippen molar-refractivity contribution in [3.63, 3.8) is 0 Å². The quantitative estimate of drug-likeness (QED) is 0.241. The van der Waals surface area contributed by atoms with Gasteiger partial charge in [0.25, 0.3) is 5.91 Å². The first-order chi connectivity index (χ1) is 16.8. The number of carboxylic acid groups (broad SMARTS) is 1. The van der Waals surface area contributed by atoms with Crippen LogP contribution in [0.2, 0.25) is 0 Å². The standard InChI is InChI=1S/C23H27N7O5/c1-14(2)9-17(23(33)34)28-18(31)12-30-13-25-19(20-24-10-16(27-20)11-26-35-3)21(30)29-22(32)15-7-5-4-6-8-15/h4-8,10-11,13-14,17H,9,12H2,1-3H3,(H,24,27)(H,28,31)(H,29,32)(H,33,34)/b26-11-/t17-/m0/s1. The molecule has 0 aliphatic heterocycles. The van der Waals surface area contributed by atoms with Crippen LogP contribution in [0.1, 0.15) is 36.3 Å². The summed E-state index contributed by atoms with van der Waals surface area (Å²) in [5.74, 6) is -1.44. The Morgan fingerprint density at radius 3 is 2.63 bits per heavy atom. The number of nitrogens with zero attached hydrogens (tertiary/aromatic N) is 4. The lowest BCUT2D eigenvalue weighted by atomic mass is 10.0. The van der Waals surface area contributed by atoms with Crippen LogP contribution in [0.15, 0.2) is 48.0 Å². The van der Waals surface area contributed by atoms with Gasteiger partial charge in [-0.2, -0.15) is 0 Å². The predicted octanol–water partition coefficient (Wildman–Crippen LogP) is 2.12. The van der Waals surface area contributed by atoms with Crippen LogP contribution in [-0.4, -0.2) is 61.8 Å². The van der Waals surface area contributed by atoms with E-state index in [2.05, 4.69) is 35.6 Å². The number of oxime groups is 1. The third-order valence-corrected chi connectivity index (χ3v) is 4.88. The number of anilines is 1. The number of carbonyl (C=O) groups is 3. The molecule has 184 valence electrons. The van der Waals surface area contributed by atoms with Crippen molar-refractivity contribution in [1.82, 2.24) is 24.8 Å². The summed E-state index contributed by atoms with van der Waals surface area (Å²) in [4.78, 5) is 53.4. The minimum absolute atomic E-state index is 0.0757. The molecule has 0 saturated heterocycles. The van der Waals surface area contributed by atoms with E-state index in [1.54, 1.807) is 30.3 Å². The Balaban J connectivity index is 1.89.